The Bertz CT molecular complexity index is 1290. The van der Waals surface area contributed by atoms with Crippen LogP contribution in [0, 0.1) is 0 Å². The van der Waals surface area contributed by atoms with Gasteiger partial charge in [-0.1, -0.05) is 23.7 Å². The number of halogens is 1. The Morgan fingerprint density at radius 3 is 2.93 bits per heavy atom. The zero-order chi connectivity index (χ0) is 18.9. The summed E-state index contributed by atoms with van der Waals surface area (Å²) in [5.74, 6) is 0.666. The molecule has 0 unspecified atom stereocenters. The molecule has 4 heterocycles. The molecule has 136 valence electrons. The Morgan fingerprint density at radius 2 is 2.04 bits per heavy atom. The zero-order valence-electron chi connectivity index (χ0n) is 14.5. The molecule has 28 heavy (non-hydrogen) atoms. The summed E-state index contributed by atoms with van der Waals surface area (Å²) in [6.07, 6.45) is 8.03. The number of para-hydroxylation sites is 1. The van der Waals surface area contributed by atoms with Crippen LogP contribution >= 0.6 is 11.6 Å². The lowest BCUT2D eigenvalue weighted by molar-refractivity contribution is 1.08. The van der Waals surface area contributed by atoms with Gasteiger partial charge >= 0.3 is 0 Å². The van der Waals surface area contributed by atoms with E-state index in [2.05, 4.69) is 41.3 Å². The first-order chi connectivity index (χ1) is 13.8. The predicted molar refractivity (Wildman–Crippen MR) is 107 cm³/mol. The summed E-state index contributed by atoms with van der Waals surface area (Å²) < 4.78 is 0. The maximum Gasteiger partial charge on any atom is 0.182 e. The third-order valence-corrected chi connectivity index (χ3v) is 4.66. The molecular weight excluding hydrogens is 376 g/mol. The van der Waals surface area contributed by atoms with Gasteiger partial charge in [-0.25, -0.2) is 19.9 Å². The van der Waals surface area contributed by atoms with Crippen molar-refractivity contribution >= 4 is 39.5 Å². The van der Waals surface area contributed by atoms with Crippen LogP contribution in [0.2, 0.25) is 5.02 Å². The summed E-state index contributed by atoms with van der Waals surface area (Å²) in [5, 5.41) is 4.88. The van der Waals surface area contributed by atoms with E-state index in [9.17, 15) is 0 Å². The van der Waals surface area contributed by atoms with E-state index < -0.39 is 0 Å². The molecule has 0 fully saturated rings. The standard InChI is InChI=1S/C19H13ClN8/c20-13-3-1-2-11-6-12(16(28-15(11)13)14-8-21-4-5-22-14)7-23-18-17-19(25-9-24-17)27-10-26-18/h1-6,8-10H,7H2,(H2,23,24,25,26,27). The third kappa shape index (κ3) is 2.89. The first kappa shape index (κ1) is 16.5. The number of aromatic nitrogens is 7. The van der Waals surface area contributed by atoms with Crippen molar-refractivity contribution in [3.8, 4) is 11.4 Å². The number of rotatable bonds is 4. The molecule has 2 N–H and O–H groups in total. The molecule has 5 aromatic rings. The quantitative estimate of drug-likeness (QED) is 0.484. The van der Waals surface area contributed by atoms with Crippen LogP contribution in [0.5, 0.6) is 0 Å². The van der Waals surface area contributed by atoms with Gasteiger partial charge in [-0.2, -0.15) is 0 Å². The van der Waals surface area contributed by atoms with E-state index in [1.807, 2.05) is 18.2 Å². The van der Waals surface area contributed by atoms with Crippen molar-refractivity contribution in [3.05, 3.63) is 66.1 Å². The molecule has 0 aliphatic heterocycles. The topological polar surface area (TPSA) is 105 Å². The van der Waals surface area contributed by atoms with Gasteiger partial charge in [0.1, 0.15) is 17.5 Å². The number of nitrogens with one attached hydrogen (secondary N) is 2. The first-order valence-electron chi connectivity index (χ1n) is 8.52. The highest BCUT2D eigenvalue weighted by Crippen LogP contribution is 2.29. The second kappa shape index (κ2) is 6.82. The van der Waals surface area contributed by atoms with Crippen LogP contribution in [-0.4, -0.2) is 34.9 Å². The van der Waals surface area contributed by atoms with Crippen LogP contribution in [0.15, 0.2) is 55.5 Å². The average molecular weight is 389 g/mol. The van der Waals surface area contributed by atoms with Crippen LogP contribution in [0.3, 0.4) is 0 Å². The second-order valence-electron chi connectivity index (χ2n) is 6.08. The maximum atomic E-state index is 6.35. The minimum atomic E-state index is 0.479. The monoisotopic (exact) mass is 388 g/mol. The largest absolute Gasteiger partial charge is 0.364 e. The first-order valence-corrected chi connectivity index (χ1v) is 8.90. The minimum Gasteiger partial charge on any atom is -0.364 e. The summed E-state index contributed by atoms with van der Waals surface area (Å²) in [6.45, 7) is 0.479. The second-order valence-corrected chi connectivity index (χ2v) is 6.48. The third-order valence-electron chi connectivity index (χ3n) is 4.35. The number of pyridine rings is 1. The molecular formula is C19H13ClN8. The van der Waals surface area contributed by atoms with Gasteiger partial charge in [0.05, 0.1) is 28.8 Å². The SMILES string of the molecule is Clc1cccc2cc(CNc3ncnc4nc[nH]c34)c(-c3cnccn3)nc12. The van der Waals surface area contributed by atoms with Crippen LogP contribution < -0.4 is 5.32 Å². The number of hydrogen-bond donors (Lipinski definition) is 2. The molecule has 1 aromatic carbocycles. The molecule has 0 amide bonds. The highest BCUT2D eigenvalue weighted by atomic mass is 35.5. The number of nitrogens with zero attached hydrogens (tertiary/aromatic N) is 6. The van der Waals surface area contributed by atoms with E-state index in [0.29, 0.717) is 28.7 Å². The van der Waals surface area contributed by atoms with Crippen molar-refractivity contribution in [3.63, 3.8) is 0 Å². The molecule has 0 bridgehead atoms. The van der Waals surface area contributed by atoms with E-state index in [1.165, 1.54) is 6.33 Å². The van der Waals surface area contributed by atoms with Gasteiger partial charge in [-0.15, -0.1) is 0 Å². The van der Waals surface area contributed by atoms with Gasteiger partial charge in [-0.3, -0.25) is 9.97 Å². The molecule has 0 spiro atoms. The lowest BCUT2D eigenvalue weighted by Crippen LogP contribution is -2.06. The maximum absolute atomic E-state index is 6.35. The highest BCUT2D eigenvalue weighted by molar-refractivity contribution is 6.35. The fourth-order valence-corrected chi connectivity index (χ4v) is 3.29. The molecule has 0 aliphatic carbocycles. The Balaban J connectivity index is 1.60. The number of H-pyrrole nitrogens is 1. The smallest absolute Gasteiger partial charge is 0.182 e. The highest BCUT2D eigenvalue weighted by Gasteiger charge is 2.13. The molecule has 0 aliphatic rings. The molecule has 8 nitrogen and oxygen atoms in total. The van der Waals surface area contributed by atoms with E-state index in [1.54, 1.807) is 24.9 Å². The van der Waals surface area contributed by atoms with Crippen LogP contribution in [-0.2, 0) is 6.54 Å². The number of fused-ring (bicyclic) bond motifs is 2. The Kier molecular flexibility index (Phi) is 4.02. The number of hydrogen-bond acceptors (Lipinski definition) is 7. The molecule has 0 radical (unpaired) electrons. The van der Waals surface area contributed by atoms with Gasteiger partial charge < -0.3 is 10.3 Å². The summed E-state index contributed by atoms with van der Waals surface area (Å²) in [6, 6.07) is 7.77. The van der Waals surface area contributed by atoms with Crippen LogP contribution in [0.4, 0.5) is 5.82 Å². The Hall–Kier alpha value is -3.65. The van der Waals surface area contributed by atoms with Crippen molar-refractivity contribution in [2.24, 2.45) is 0 Å². The fraction of sp³-hybridized carbons (Fsp3) is 0.0526. The van der Waals surface area contributed by atoms with Crippen molar-refractivity contribution in [2.45, 2.75) is 6.54 Å². The number of benzene rings is 1. The molecule has 0 saturated carbocycles. The van der Waals surface area contributed by atoms with Crippen molar-refractivity contribution in [2.75, 3.05) is 5.32 Å². The Morgan fingerprint density at radius 1 is 1.07 bits per heavy atom. The van der Waals surface area contributed by atoms with Crippen molar-refractivity contribution < 1.29 is 0 Å². The van der Waals surface area contributed by atoms with Crippen LogP contribution in [0.25, 0.3) is 33.5 Å². The van der Waals surface area contributed by atoms with Gasteiger partial charge in [0.2, 0.25) is 0 Å². The van der Waals surface area contributed by atoms with E-state index >= 15 is 0 Å². The number of aromatic amines is 1. The Labute approximate surface area is 164 Å². The minimum absolute atomic E-state index is 0.479. The normalized spacial score (nSPS) is 11.2. The molecule has 0 saturated heterocycles. The summed E-state index contributed by atoms with van der Waals surface area (Å²) in [5.41, 5.74) is 4.43. The van der Waals surface area contributed by atoms with Crippen LogP contribution in [0.1, 0.15) is 5.56 Å². The fourth-order valence-electron chi connectivity index (χ4n) is 3.06. The van der Waals surface area contributed by atoms with Gasteiger partial charge in [0, 0.05) is 24.3 Å². The zero-order valence-corrected chi connectivity index (χ0v) is 15.2. The molecule has 5 rings (SSSR count). The van der Waals surface area contributed by atoms with Crippen molar-refractivity contribution in [1.82, 2.24) is 34.9 Å². The number of anilines is 1. The molecule has 0 atom stereocenters. The summed E-state index contributed by atoms with van der Waals surface area (Å²) in [7, 11) is 0. The van der Waals surface area contributed by atoms with Gasteiger partial charge in [0.15, 0.2) is 11.5 Å². The van der Waals surface area contributed by atoms with Crippen molar-refractivity contribution in [1.29, 1.82) is 0 Å². The number of imidazole rings is 1. The molecule has 9 heteroatoms. The van der Waals surface area contributed by atoms with Gasteiger partial charge in [0.25, 0.3) is 0 Å². The van der Waals surface area contributed by atoms with Gasteiger partial charge in [-0.05, 0) is 17.7 Å². The lowest BCUT2D eigenvalue weighted by atomic mass is 10.1. The van der Waals surface area contributed by atoms with E-state index in [-0.39, 0.29) is 0 Å². The van der Waals surface area contributed by atoms with E-state index in [0.717, 1.165) is 27.7 Å². The molecule has 4 aromatic heterocycles. The van der Waals surface area contributed by atoms with E-state index in [4.69, 9.17) is 16.6 Å². The summed E-state index contributed by atoms with van der Waals surface area (Å²) >= 11 is 6.35. The summed E-state index contributed by atoms with van der Waals surface area (Å²) in [4.78, 5) is 29.0. The lowest BCUT2D eigenvalue weighted by Gasteiger charge is -2.12. The average Bonchev–Trinajstić information content (AvgIpc) is 3.22. The predicted octanol–water partition coefficient (Wildman–Crippen LogP) is 3.62.